The van der Waals surface area contributed by atoms with Crippen molar-refractivity contribution in [2.75, 3.05) is 0 Å². The van der Waals surface area contributed by atoms with Crippen LogP contribution in [0.4, 0.5) is 17.6 Å². The second-order valence-electron chi connectivity index (χ2n) is 4.24. The van der Waals surface area contributed by atoms with Crippen LogP contribution in [0.15, 0.2) is 35.0 Å². The third kappa shape index (κ3) is 3.82. The van der Waals surface area contributed by atoms with Gasteiger partial charge in [-0.15, -0.1) is 22.7 Å². The van der Waals surface area contributed by atoms with Crippen LogP contribution >= 0.6 is 22.7 Å². The highest BCUT2D eigenvalue weighted by Gasteiger charge is 2.51. The van der Waals surface area contributed by atoms with Crippen LogP contribution in [-0.2, 0) is 17.9 Å². The van der Waals surface area contributed by atoms with Gasteiger partial charge in [0.25, 0.3) is 5.91 Å². The Morgan fingerprint density at radius 3 is 1.90 bits per heavy atom. The highest BCUT2D eigenvalue weighted by atomic mass is 32.1. The molecule has 114 valence electrons. The van der Waals surface area contributed by atoms with E-state index in [9.17, 15) is 22.4 Å². The number of alkyl halides is 4. The normalized spacial score (nSPS) is 11.9. The number of hydrogen-bond donors (Lipinski definition) is 0. The quantitative estimate of drug-likeness (QED) is 0.722. The molecule has 2 aromatic heterocycles. The summed E-state index contributed by atoms with van der Waals surface area (Å²) >= 11 is 2.55. The van der Waals surface area contributed by atoms with E-state index in [-0.39, 0.29) is 13.1 Å². The number of halogens is 4. The summed E-state index contributed by atoms with van der Waals surface area (Å²) in [4.78, 5) is 13.8. The average molecular weight is 337 g/mol. The number of carbonyl (C=O) groups is 1. The first kappa shape index (κ1) is 16.0. The fraction of sp³-hybridized carbons (Fsp3) is 0.308. The first-order valence-electron chi connectivity index (χ1n) is 5.91. The minimum atomic E-state index is -4.67. The monoisotopic (exact) mass is 337 g/mol. The van der Waals surface area contributed by atoms with Crippen LogP contribution in [0.25, 0.3) is 0 Å². The van der Waals surface area contributed by atoms with Crippen LogP contribution in [0.2, 0.25) is 0 Å². The summed E-state index contributed by atoms with van der Waals surface area (Å²) in [7, 11) is 0. The number of hydrogen-bond acceptors (Lipinski definition) is 3. The number of nitrogens with zero attached hydrogens (tertiary/aromatic N) is 1. The Morgan fingerprint density at radius 1 is 1.10 bits per heavy atom. The molecule has 0 fully saturated rings. The second kappa shape index (κ2) is 6.57. The Bertz CT molecular complexity index is 533. The molecule has 21 heavy (non-hydrogen) atoms. The minimum absolute atomic E-state index is 0.114. The summed E-state index contributed by atoms with van der Waals surface area (Å²) in [5.41, 5.74) is 0. The van der Waals surface area contributed by atoms with Crippen molar-refractivity contribution in [3.8, 4) is 0 Å². The van der Waals surface area contributed by atoms with Gasteiger partial charge < -0.3 is 4.90 Å². The highest BCUT2D eigenvalue weighted by molar-refractivity contribution is 7.10. The zero-order valence-corrected chi connectivity index (χ0v) is 12.3. The maximum Gasteiger partial charge on any atom is 0.383 e. The summed E-state index contributed by atoms with van der Waals surface area (Å²) < 4.78 is 51.4. The van der Waals surface area contributed by atoms with Crippen LogP contribution in [0.3, 0.4) is 0 Å². The smallest absolute Gasteiger partial charge is 0.327 e. The van der Waals surface area contributed by atoms with E-state index in [1.807, 2.05) is 0 Å². The van der Waals surface area contributed by atoms with Gasteiger partial charge in [0.1, 0.15) is 0 Å². The van der Waals surface area contributed by atoms with Gasteiger partial charge in [0.15, 0.2) is 0 Å². The summed E-state index contributed by atoms with van der Waals surface area (Å²) in [5.74, 6) is -6.52. The number of carbonyl (C=O) groups excluding carboxylic acids is 1. The summed E-state index contributed by atoms with van der Waals surface area (Å²) in [6.07, 6.45) is -4.01. The first-order valence-corrected chi connectivity index (χ1v) is 7.67. The van der Waals surface area contributed by atoms with Crippen molar-refractivity contribution in [3.05, 3.63) is 44.8 Å². The lowest BCUT2D eigenvalue weighted by molar-refractivity contribution is -0.181. The van der Waals surface area contributed by atoms with E-state index < -0.39 is 18.3 Å². The van der Waals surface area contributed by atoms with Gasteiger partial charge >= 0.3 is 12.3 Å². The number of rotatable bonds is 6. The van der Waals surface area contributed by atoms with Crippen LogP contribution in [-0.4, -0.2) is 23.2 Å². The van der Waals surface area contributed by atoms with Gasteiger partial charge in [-0.05, 0) is 22.9 Å². The Balaban J connectivity index is 2.20. The molecule has 2 nitrogen and oxygen atoms in total. The summed E-state index contributed by atoms with van der Waals surface area (Å²) in [6.45, 7) is -0.229. The third-order valence-corrected chi connectivity index (χ3v) is 4.42. The van der Waals surface area contributed by atoms with Crippen LogP contribution < -0.4 is 0 Å². The average Bonchev–Trinajstić information content (AvgIpc) is 3.10. The number of amides is 1. The lowest BCUT2D eigenvalue weighted by Gasteiger charge is -2.26. The maximum absolute atomic E-state index is 13.3. The van der Waals surface area contributed by atoms with Crippen molar-refractivity contribution in [1.29, 1.82) is 0 Å². The molecule has 0 aromatic carbocycles. The fourth-order valence-electron chi connectivity index (χ4n) is 1.68. The molecular weight excluding hydrogens is 326 g/mol. The van der Waals surface area contributed by atoms with Gasteiger partial charge in [-0.2, -0.15) is 8.78 Å². The van der Waals surface area contributed by atoms with E-state index in [0.29, 0.717) is 9.75 Å². The standard InChI is InChI=1S/C13H11F4NOS2/c14-11(15)13(16,17)12(19)18(7-9-3-1-5-20-9)8-10-4-2-6-21-10/h1-6,11H,7-8H2. The predicted molar refractivity (Wildman–Crippen MR) is 73.8 cm³/mol. The Hall–Kier alpha value is -1.41. The van der Waals surface area contributed by atoms with Crippen LogP contribution in [0.1, 0.15) is 9.75 Å². The molecule has 0 aliphatic heterocycles. The van der Waals surface area contributed by atoms with E-state index >= 15 is 0 Å². The molecule has 0 atom stereocenters. The van der Waals surface area contributed by atoms with E-state index in [0.717, 1.165) is 4.90 Å². The van der Waals surface area contributed by atoms with Gasteiger partial charge in [-0.25, -0.2) is 8.78 Å². The molecule has 2 rings (SSSR count). The highest BCUT2D eigenvalue weighted by Crippen LogP contribution is 2.28. The molecule has 8 heteroatoms. The molecule has 0 radical (unpaired) electrons. The van der Waals surface area contributed by atoms with Gasteiger partial charge in [-0.1, -0.05) is 12.1 Å². The van der Waals surface area contributed by atoms with Crippen molar-refractivity contribution in [2.45, 2.75) is 25.4 Å². The molecule has 0 spiro atoms. The molecule has 2 aromatic rings. The van der Waals surface area contributed by atoms with E-state index in [2.05, 4.69) is 0 Å². The first-order chi connectivity index (χ1) is 9.91. The Morgan fingerprint density at radius 2 is 1.57 bits per heavy atom. The topological polar surface area (TPSA) is 20.3 Å². The van der Waals surface area contributed by atoms with Crippen molar-refractivity contribution in [3.63, 3.8) is 0 Å². The van der Waals surface area contributed by atoms with Gasteiger partial charge in [0, 0.05) is 9.75 Å². The zero-order valence-electron chi connectivity index (χ0n) is 10.6. The lowest BCUT2D eigenvalue weighted by Crippen LogP contribution is -2.46. The van der Waals surface area contributed by atoms with Crippen molar-refractivity contribution in [2.24, 2.45) is 0 Å². The van der Waals surface area contributed by atoms with Gasteiger partial charge in [0.05, 0.1) is 13.1 Å². The summed E-state index contributed by atoms with van der Waals surface area (Å²) in [5, 5.41) is 3.46. The molecule has 1 amide bonds. The molecular formula is C13H11F4NOS2. The van der Waals surface area contributed by atoms with Crippen molar-refractivity contribution < 1.29 is 22.4 Å². The minimum Gasteiger partial charge on any atom is -0.327 e. The molecule has 2 heterocycles. The van der Waals surface area contributed by atoms with E-state index in [4.69, 9.17) is 0 Å². The third-order valence-electron chi connectivity index (χ3n) is 2.70. The Kier molecular flexibility index (Phi) is 5.00. The summed E-state index contributed by atoms with van der Waals surface area (Å²) in [6, 6.07) is 6.75. The zero-order chi connectivity index (χ0) is 15.5. The fourth-order valence-corrected chi connectivity index (χ4v) is 3.12. The van der Waals surface area contributed by atoms with E-state index in [1.165, 1.54) is 22.7 Å². The molecule has 0 unspecified atom stereocenters. The van der Waals surface area contributed by atoms with Gasteiger partial charge in [0.2, 0.25) is 0 Å². The largest absolute Gasteiger partial charge is 0.383 e. The van der Waals surface area contributed by atoms with Crippen LogP contribution in [0, 0.1) is 0 Å². The molecule has 0 saturated carbocycles. The maximum atomic E-state index is 13.3. The predicted octanol–water partition coefficient (Wildman–Crippen LogP) is 4.24. The van der Waals surface area contributed by atoms with Crippen molar-refractivity contribution >= 4 is 28.6 Å². The molecule has 0 N–H and O–H groups in total. The molecule has 0 bridgehead atoms. The molecule has 0 saturated heterocycles. The second-order valence-corrected chi connectivity index (χ2v) is 6.31. The number of thiophene rings is 2. The lowest BCUT2D eigenvalue weighted by atomic mass is 10.2. The Labute approximate surface area is 126 Å². The van der Waals surface area contributed by atoms with E-state index in [1.54, 1.807) is 35.0 Å². The molecule has 0 aliphatic rings. The molecule has 0 aliphatic carbocycles. The van der Waals surface area contributed by atoms with Crippen LogP contribution in [0.5, 0.6) is 0 Å². The van der Waals surface area contributed by atoms with Gasteiger partial charge in [-0.3, -0.25) is 4.79 Å². The SMILES string of the molecule is O=C(N(Cc1cccs1)Cc1cccs1)C(F)(F)C(F)F. The van der Waals surface area contributed by atoms with Crippen molar-refractivity contribution in [1.82, 2.24) is 4.90 Å².